The van der Waals surface area contributed by atoms with Crippen LogP contribution in [0.15, 0.2) is 78.0 Å². The van der Waals surface area contributed by atoms with Crippen LogP contribution < -0.4 is 0 Å². The molecule has 0 aliphatic rings. The van der Waals surface area contributed by atoms with Gasteiger partial charge in [0.25, 0.3) is 0 Å². The zero-order valence-electron chi connectivity index (χ0n) is 11.6. The van der Waals surface area contributed by atoms with Crippen LogP contribution in [0.5, 0.6) is 0 Å². The molecule has 2 aromatic carbocycles. The molecule has 110 valence electrons. The highest BCUT2D eigenvalue weighted by Gasteiger charge is 2.19. The van der Waals surface area contributed by atoms with Gasteiger partial charge in [-0.1, -0.05) is 65.7 Å². The van der Waals surface area contributed by atoms with E-state index in [1.165, 1.54) is 5.56 Å². The maximum atomic E-state index is 6.33. The van der Waals surface area contributed by atoms with Gasteiger partial charge in [0.2, 0.25) is 0 Å². The van der Waals surface area contributed by atoms with Crippen molar-refractivity contribution in [3.63, 3.8) is 0 Å². The molecular weight excluding hydrogens is 333 g/mol. The average Bonchev–Trinajstić information content (AvgIpc) is 2.56. The maximum Gasteiger partial charge on any atom is 0.0610 e. The van der Waals surface area contributed by atoms with Crippen molar-refractivity contribution in [2.45, 2.75) is 10.1 Å². The van der Waals surface area contributed by atoms with E-state index in [0.717, 1.165) is 10.5 Å². The van der Waals surface area contributed by atoms with Crippen LogP contribution in [0.25, 0.3) is 0 Å². The Labute approximate surface area is 144 Å². The summed E-state index contributed by atoms with van der Waals surface area (Å²) in [5, 5.41) is 1.43. The highest BCUT2D eigenvalue weighted by Crippen LogP contribution is 2.45. The topological polar surface area (TPSA) is 12.9 Å². The fourth-order valence-electron chi connectivity index (χ4n) is 2.20. The molecule has 0 saturated carbocycles. The summed E-state index contributed by atoms with van der Waals surface area (Å²) in [5.74, 6) is 0. The van der Waals surface area contributed by atoms with Crippen LogP contribution >= 0.6 is 35.0 Å². The van der Waals surface area contributed by atoms with Gasteiger partial charge >= 0.3 is 0 Å². The van der Waals surface area contributed by atoms with Gasteiger partial charge in [-0.3, -0.25) is 4.98 Å². The second-order valence-corrected chi connectivity index (χ2v) is 6.68. The summed E-state index contributed by atoms with van der Waals surface area (Å²) in [6.45, 7) is 0. The number of pyridine rings is 1. The predicted molar refractivity (Wildman–Crippen MR) is 94.8 cm³/mol. The molecule has 1 unspecified atom stereocenters. The third-order valence-corrected chi connectivity index (χ3v) is 5.55. The van der Waals surface area contributed by atoms with Crippen LogP contribution in [0.2, 0.25) is 10.0 Å². The Bertz CT molecular complexity index is 688. The number of halogens is 2. The van der Waals surface area contributed by atoms with E-state index < -0.39 is 0 Å². The highest BCUT2D eigenvalue weighted by atomic mass is 35.5. The van der Waals surface area contributed by atoms with E-state index in [9.17, 15) is 0 Å². The molecule has 1 nitrogen and oxygen atoms in total. The van der Waals surface area contributed by atoms with Crippen LogP contribution in [0.3, 0.4) is 0 Å². The largest absolute Gasteiger partial charge is 0.264 e. The van der Waals surface area contributed by atoms with Crippen molar-refractivity contribution in [3.8, 4) is 0 Å². The molecule has 0 aliphatic carbocycles. The molecule has 4 heteroatoms. The Kier molecular flexibility index (Phi) is 5.04. The van der Waals surface area contributed by atoms with Gasteiger partial charge in [-0.25, -0.2) is 0 Å². The minimum atomic E-state index is 0.0901. The Hall–Kier alpha value is -1.48. The lowest BCUT2D eigenvalue weighted by Crippen LogP contribution is -1.97. The summed E-state index contributed by atoms with van der Waals surface area (Å²) >= 11 is 14.3. The smallest absolute Gasteiger partial charge is 0.0610 e. The van der Waals surface area contributed by atoms with Crippen molar-refractivity contribution in [3.05, 3.63) is 94.2 Å². The zero-order chi connectivity index (χ0) is 15.4. The molecule has 1 atom stereocenters. The molecule has 1 heterocycles. The van der Waals surface area contributed by atoms with E-state index in [0.29, 0.717) is 10.0 Å². The Morgan fingerprint density at radius 3 is 2.09 bits per heavy atom. The van der Waals surface area contributed by atoms with Gasteiger partial charge in [0.1, 0.15) is 0 Å². The summed E-state index contributed by atoms with van der Waals surface area (Å²) in [6.07, 6.45) is 3.66. The van der Waals surface area contributed by atoms with Crippen molar-refractivity contribution in [2.24, 2.45) is 0 Å². The minimum absolute atomic E-state index is 0.0901. The number of thioether (sulfide) groups is 1. The van der Waals surface area contributed by atoms with Crippen molar-refractivity contribution >= 4 is 35.0 Å². The summed E-state index contributed by atoms with van der Waals surface area (Å²) in [7, 11) is 0. The second-order valence-electron chi connectivity index (χ2n) is 4.75. The fourth-order valence-corrected chi connectivity index (χ4v) is 4.03. The number of aromatic nitrogens is 1. The monoisotopic (exact) mass is 345 g/mol. The van der Waals surface area contributed by atoms with Crippen molar-refractivity contribution < 1.29 is 0 Å². The van der Waals surface area contributed by atoms with E-state index in [1.54, 1.807) is 18.0 Å². The quantitative estimate of drug-likeness (QED) is 0.516. The molecule has 3 rings (SSSR count). The first-order valence-corrected chi connectivity index (χ1v) is 8.45. The number of benzene rings is 2. The molecule has 0 saturated heterocycles. The number of nitrogens with zero attached hydrogens (tertiary/aromatic N) is 1. The lowest BCUT2D eigenvalue weighted by molar-refractivity contribution is 1.11. The minimum Gasteiger partial charge on any atom is -0.264 e. The Morgan fingerprint density at radius 1 is 0.773 bits per heavy atom. The summed E-state index contributed by atoms with van der Waals surface area (Å²) < 4.78 is 0. The number of hydrogen-bond acceptors (Lipinski definition) is 2. The first-order valence-electron chi connectivity index (χ1n) is 6.81. The van der Waals surface area contributed by atoms with Crippen LogP contribution in [0, 0.1) is 0 Å². The van der Waals surface area contributed by atoms with Gasteiger partial charge in [0.15, 0.2) is 0 Å². The van der Waals surface area contributed by atoms with Crippen LogP contribution in [-0.4, -0.2) is 4.98 Å². The predicted octanol–water partition coefficient (Wildman–Crippen LogP) is 6.27. The van der Waals surface area contributed by atoms with Crippen LogP contribution in [0.4, 0.5) is 0 Å². The summed E-state index contributed by atoms with van der Waals surface area (Å²) in [4.78, 5) is 5.13. The third kappa shape index (κ3) is 3.46. The van der Waals surface area contributed by atoms with Crippen LogP contribution in [-0.2, 0) is 0 Å². The lowest BCUT2D eigenvalue weighted by Gasteiger charge is -2.18. The number of hydrogen-bond donors (Lipinski definition) is 0. The molecule has 1 aromatic heterocycles. The molecular formula is C18H13Cl2NS. The van der Waals surface area contributed by atoms with Crippen molar-refractivity contribution in [1.29, 1.82) is 0 Å². The molecule has 0 aliphatic heterocycles. The van der Waals surface area contributed by atoms with E-state index in [1.807, 2.05) is 48.7 Å². The van der Waals surface area contributed by atoms with Crippen LogP contribution in [0.1, 0.15) is 16.4 Å². The molecule has 0 fully saturated rings. The number of rotatable bonds is 4. The molecule has 0 N–H and O–H groups in total. The van der Waals surface area contributed by atoms with Crippen molar-refractivity contribution in [1.82, 2.24) is 4.98 Å². The standard InChI is InChI=1S/C18H13Cl2NS/c19-15-9-4-10-16(20)18(15)22-17(13-6-2-1-3-7-13)14-8-5-11-21-12-14/h1-12,17H. The summed E-state index contributed by atoms with van der Waals surface area (Å²) in [6, 6.07) is 19.9. The van der Waals surface area contributed by atoms with Gasteiger partial charge in [-0.2, -0.15) is 0 Å². The molecule has 0 radical (unpaired) electrons. The third-order valence-electron chi connectivity index (χ3n) is 3.24. The first-order chi connectivity index (χ1) is 10.8. The van der Waals surface area contributed by atoms with E-state index >= 15 is 0 Å². The van der Waals surface area contributed by atoms with Gasteiger partial charge in [-0.15, -0.1) is 11.8 Å². The van der Waals surface area contributed by atoms with E-state index in [4.69, 9.17) is 23.2 Å². The van der Waals surface area contributed by atoms with E-state index in [2.05, 4.69) is 23.2 Å². The van der Waals surface area contributed by atoms with Crippen molar-refractivity contribution in [2.75, 3.05) is 0 Å². The first kappa shape index (κ1) is 15.4. The Balaban J connectivity index is 2.03. The van der Waals surface area contributed by atoms with Gasteiger partial charge in [0.05, 0.1) is 15.3 Å². The molecule has 0 amide bonds. The fraction of sp³-hybridized carbons (Fsp3) is 0.0556. The normalized spacial score (nSPS) is 12.1. The van der Waals surface area contributed by atoms with Gasteiger partial charge in [-0.05, 0) is 29.3 Å². The average molecular weight is 346 g/mol. The second kappa shape index (κ2) is 7.19. The molecule has 0 bridgehead atoms. The SMILES string of the molecule is Clc1cccc(Cl)c1SC(c1ccccc1)c1cccnc1. The van der Waals surface area contributed by atoms with Gasteiger partial charge < -0.3 is 0 Å². The molecule has 3 aromatic rings. The maximum absolute atomic E-state index is 6.33. The highest BCUT2D eigenvalue weighted by molar-refractivity contribution is 8.00. The Morgan fingerprint density at radius 2 is 1.45 bits per heavy atom. The lowest BCUT2D eigenvalue weighted by atomic mass is 10.1. The zero-order valence-corrected chi connectivity index (χ0v) is 13.9. The van der Waals surface area contributed by atoms with Gasteiger partial charge in [0, 0.05) is 17.3 Å². The van der Waals surface area contributed by atoms with E-state index in [-0.39, 0.29) is 5.25 Å². The summed E-state index contributed by atoms with van der Waals surface area (Å²) in [5.41, 5.74) is 2.31. The molecule has 0 spiro atoms. The molecule has 22 heavy (non-hydrogen) atoms.